The molecule has 0 aromatic carbocycles. The lowest BCUT2D eigenvalue weighted by atomic mass is 11.2. The Morgan fingerprint density at radius 3 is 2.50 bits per heavy atom. The van der Waals surface area contributed by atoms with Crippen molar-refractivity contribution in [1.82, 2.24) is 0 Å². The van der Waals surface area contributed by atoms with Crippen molar-refractivity contribution >= 4 is 6.03 Å². The predicted molar refractivity (Wildman–Crippen MR) is 13.8 cm³/mol. The van der Waals surface area contributed by atoms with E-state index >= 15 is 0 Å². The normalized spacial score (nSPS) is 18.0. The zero-order valence-corrected chi connectivity index (χ0v) is 1.80. The molecule has 24 valence electrons. The van der Waals surface area contributed by atoms with Crippen LogP contribution in [0, 0.1) is 0 Å². The second-order valence-corrected chi connectivity index (χ2v) is 0.283. The van der Waals surface area contributed by atoms with Gasteiger partial charge in [-0.25, -0.2) is 4.79 Å². The molecule has 0 saturated carbocycles. The van der Waals surface area contributed by atoms with Crippen LogP contribution in [0.4, 0.5) is 4.79 Å². The summed E-state index contributed by atoms with van der Waals surface area (Å²) in [5, 5.41) is 0. The van der Waals surface area contributed by atoms with E-state index in [4.69, 9.17) is 5.65 Å². The minimum Gasteiger partial charge on any atom is -0.352 e. The second-order valence-electron chi connectivity index (χ2n) is 0.283. The number of urea groups is 1. The number of nitrogens with two attached hydrogens (primary N) is 2. The van der Waals surface area contributed by atoms with Crippen molar-refractivity contribution in [3.05, 3.63) is 0 Å². The number of carbonyl (C=O) groups excluding carboxylic acids is 1. The number of primary amides is 2. The minimum absolute atomic E-state index is 0.347. The van der Waals surface area contributed by atoms with Gasteiger partial charge in [-0.1, -0.05) is 0 Å². The molecule has 0 fully saturated rings. The third-order valence-corrected chi connectivity index (χ3v) is 0. The van der Waals surface area contributed by atoms with Crippen LogP contribution in [-0.4, -0.2) is 6.03 Å². The fraction of sp³-hybridized carbons (Fsp3) is 0. The van der Waals surface area contributed by atoms with E-state index in [-0.39, 0.29) is 11.4 Å². The average Bonchev–Trinajstić information content (AvgIpc) is 1.64. The molecule has 0 aliphatic carbocycles. The molecule has 0 rings (SSSR count). The Morgan fingerprint density at radius 1 is 2.00 bits per heavy atom. The van der Waals surface area contributed by atoms with Gasteiger partial charge in [0.2, 0.25) is 0 Å². The Balaban J connectivity index is 3.65. The summed E-state index contributed by atoms with van der Waals surface area (Å²) in [7, 11) is 0. The summed E-state index contributed by atoms with van der Waals surface area (Å²) in [5.74, 6) is 0. The molecule has 0 saturated heterocycles. The molecule has 3 heteroatoms. The third-order valence-electron chi connectivity index (χ3n) is 0. The standard InChI is InChI=1S/CH4N2O/c2-1(3)4/h(H4,2,3,4)/i/hT4. The van der Waals surface area contributed by atoms with Gasteiger partial charge in [0.05, 0.1) is 0 Å². The van der Waals surface area contributed by atoms with Crippen LogP contribution in [0.1, 0.15) is 0 Å². The van der Waals surface area contributed by atoms with Gasteiger partial charge in [0.25, 0.3) is 0 Å². The third kappa shape index (κ3) is 0.174. The molecule has 0 aromatic rings. The quantitative estimate of drug-likeness (QED) is 0.376. The smallest absolute Gasteiger partial charge is 0.309 e. The molecule has 0 spiro atoms. The highest BCUT2D eigenvalue weighted by molar-refractivity contribution is 5.69. The summed E-state index contributed by atoms with van der Waals surface area (Å²) in [6.07, 6.45) is 0. The minimum atomic E-state index is -1.31. The van der Waals surface area contributed by atoms with Crippen LogP contribution in [0.3, 0.4) is 0 Å². The predicted octanol–water partition coefficient (Wildman–Crippen LogP) is -0.976. The van der Waals surface area contributed by atoms with Gasteiger partial charge in [0.1, 0.15) is 0 Å². The van der Waals surface area contributed by atoms with E-state index in [0.29, 0.717) is 0 Å². The average molecular weight is 68.1 g/mol. The van der Waals surface area contributed by atoms with Crippen LogP contribution >= 0.6 is 0 Å². The number of hydrogen-bond donors (Lipinski definition) is 2. The lowest BCUT2D eigenvalue weighted by molar-refractivity contribution is 0.256. The topological polar surface area (TPSA) is 69.1 Å². The Labute approximate surface area is 29.4 Å². The van der Waals surface area contributed by atoms with Gasteiger partial charge in [0, 0.05) is 0 Å². The first-order chi connectivity index (χ1) is 3.55. The van der Waals surface area contributed by atoms with Crippen molar-refractivity contribution in [2.45, 2.75) is 0 Å². The van der Waals surface area contributed by atoms with Crippen LogP contribution in [-0.2, 0) is 0 Å². The van der Waals surface area contributed by atoms with E-state index in [1.807, 2.05) is 0 Å². The van der Waals surface area contributed by atoms with E-state index in [2.05, 4.69) is 0 Å². The molecule has 0 bridgehead atoms. The monoisotopic (exact) mass is 68.1 g/mol. The first-order valence-corrected chi connectivity index (χ1v) is 0.651. The van der Waals surface area contributed by atoms with Gasteiger partial charge < -0.3 is 11.4 Å². The number of rotatable bonds is 0. The summed E-state index contributed by atoms with van der Waals surface area (Å²) in [4.78, 5) is 9.94. The largest absolute Gasteiger partial charge is 0.352 e. The molecule has 0 heterocycles. The molecular weight excluding hydrogens is 56.0 g/mol. The van der Waals surface area contributed by atoms with Gasteiger partial charge in [-0.3, -0.25) is 0 Å². The maximum absolute atomic E-state index is 9.94. The number of hydrogen-bond acceptors (Lipinski definition) is 1. The van der Waals surface area contributed by atoms with Crippen molar-refractivity contribution in [3.8, 4) is 0 Å². The molecule has 4 N–H and O–H groups in total. The molecule has 0 aliphatic rings. The molecule has 0 unspecified atom stereocenters. The van der Waals surface area contributed by atoms with Crippen LogP contribution in [0.2, 0.25) is 5.65 Å². The van der Waals surface area contributed by atoms with E-state index in [0.717, 1.165) is 0 Å². The van der Waals surface area contributed by atoms with E-state index < -0.39 is 6.03 Å². The second kappa shape index (κ2) is 0.711. The highest BCUT2D eigenvalue weighted by atomic mass is 16.2. The zero-order chi connectivity index (χ0) is 6.73. The zero-order valence-electron chi connectivity index (χ0n) is 5.80. The van der Waals surface area contributed by atoms with Gasteiger partial charge >= 0.3 is 6.03 Å². The Kier molecular flexibility index (Phi) is 0.0761. The molecular formula is CH4N2O. The molecule has 0 radical (unpaired) electrons. The molecule has 4 heavy (non-hydrogen) atoms. The van der Waals surface area contributed by atoms with Crippen LogP contribution in [0.15, 0.2) is 0 Å². The van der Waals surface area contributed by atoms with Gasteiger partial charge in [-0.2, -0.15) is 0 Å². The maximum Gasteiger partial charge on any atom is 0.309 e. The van der Waals surface area contributed by atoms with Gasteiger partial charge in [-0.15, -0.1) is 0 Å². The Hall–Kier alpha value is -0.730. The Morgan fingerprint density at radius 2 is 2.50 bits per heavy atom. The summed E-state index contributed by atoms with van der Waals surface area (Å²) < 4.78 is 24.7. The highest BCUT2D eigenvalue weighted by Gasteiger charge is 1.60. The molecule has 0 atom stereocenters. The lowest BCUT2D eigenvalue weighted by Gasteiger charge is -1.62. The highest BCUT2D eigenvalue weighted by Crippen LogP contribution is 1.25. The number of carbonyl (C=O) groups is 1. The molecule has 3 nitrogen and oxygen atoms in total. The van der Waals surface area contributed by atoms with Crippen LogP contribution in [0.25, 0.3) is 0 Å². The first-order valence-electron chi connectivity index (χ1n) is 2.44. The summed E-state index contributed by atoms with van der Waals surface area (Å²) in [6, 6.07) is -1.31. The fourth-order valence-electron chi connectivity index (χ4n) is 0. The summed E-state index contributed by atoms with van der Waals surface area (Å²) >= 11 is 0. The van der Waals surface area contributed by atoms with Crippen molar-refractivity contribution in [2.24, 2.45) is 11.4 Å². The maximum atomic E-state index is 9.94. The van der Waals surface area contributed by atoms with E-state index in [9.17, 15) is 4.79 Å². The SMILES string of the molecule is [3H]N([3H])C(=O)N([3H])[3H]. The molecule has 0 aromatic heterocycles. The van der Waals surface area contributed by atoms with Crippen molar-refractivity contribution < 1.29 is 10.4 Å². The summed E-state index contributed by atoms with van der Waals surface area (Å²) in [5.41, 5.74) is -0.694. The molecule has 2 amide bonds. The molecule has 0 aliphatic heterocycles. The summed E-state index contributed by atoms with van der Waals surface area (Å²) in [6.45, 7) is 0. The van der Waals surface area contributed by atoms with Crippen molar-refractivity contribution in [3.63, 3.8) is 0 Å². The first kappa shape index (κ1) is 0.429. The van der Waals surface area contributed by atoms with Crippen molar-refractivity contribution in [1.29, 1.82) is 0 Å². The van der Waals surface area contributed by atoms with Crippen LogP contribution < -0.4 is 11.4 Å². The van der Waals surface area contributed by atoms with E-state index in [1.54, 1.807) is 0 Å². The van der Waals surface area contributed by atoms with Gasteiger partial charge in [-0.05, 0) is 0 Å². The van der Waals surface area contributed by atoms with E-state index in [1.165, 1.54) is 0 Å². The lowest BCUT2D eigenvalue weighted by Crippen LogP contribution is -2.18. The fourth-order valence-corrected chi connectivity index (χ4v) is 0. The van der Waals surface area contributed by atoms with Crippen LogP contribution in [0.5, 0.6) is 0 Å². The number of amides is 2. The van der Waals surface area contributed by atoms with Gasteiger partial charge in [0.15, 0.2) is 5.65 Å². The Bertz CT molecular complexity index is 82.0. The van der Waals surface area contributed by atoms with Crippen molar-refractivity contribution in [2.75, 3.05) is 0 Å².